The fraction of sp³-hybridized carbons (Fsp3) is 0.273. The summed E-state index contributed by atoms with van der Waals surface area (Å²) in [5.74, 6) is 0.836. The lowest BCUT2D eigenvalue weighted by Gasteiger charge is -2.24. The molecule has 0 atom stereocenters. The van der Waals surface area contributed by atoms with Gasteiger partial charge in [0.15, 0.2) is 0 Å². The van der Waals surface area contributed by atoms with Gasteiger partial charge in [-0.15, -0.1) is 11.3 Å². The maximum Gasteiger partial charge on any atom is 0.141 e. The van der Waals surface area contributed by atoms with Crippen molar-refractivity contribution in [3.63, 3.8) is 0 Å². The molecule has 0 aliphatic rings. The monoisotopic (exact) mass is 297 g/mol. The van der Waals surface area contributed by atoms with Crippen molar-refractivity contribution in [3.8, 4) is 0 Å². The third-order valence-corrected chi connectivity index (χ3v) is 3.89. The maximum absolute atomic E-state index is 4.33. The van der Waals surface area contributed by atoms with Gasteiger partial charge in [-0.2, -0.15) is 0 Å². The molecular weight excluding hydrogens is 286 g/mol. The number of nitrogens with one attached hydrogen (secondary N) is 1. The van der Waals surface area contributed by atoms with E-state index in [9.17, 15) is 0 Å². The highest BCUT2D eigenvalue weighted by Crippen LogP contribution is 2.29. The van der Waals surface area contributed by atoms with Crippen LogP contribution in [-0.4, -0.2) is 9.97 Å². The highest BCUT2D eigenvalue weighted by Gasteiger charge is 2.24. The molecule has 0 radical (unpaired) electrons. The molecule has 2 heterocycles. The van der Waals surface area contributed by atoms with Gasteiger partial charge < -0.3 is 5.32 Å². The second-order valence-electron chi connectivity index (χ2n) is 3.92. The molecule has 84 valence electrons. The molecule has 0 unspecified atom stereocenters. The van der Waals surface area contributed by atoms with Gasteiger partial charge in [-0.25, -0.2) is 9.97 Å². The first-order valence-corrected chi connectivity index (χ1v) is 6.55. The van der Waals surface area contributed by atoms with E-state index < -0.39 is 0 Å². The van der Waals surface area contributed by atoms with Crippen molar-refractivity contribution in [1.82, 2.24) is 9.97 Å². The molecule has 3 nitrogen and oxygen atoms in total. The quantitative estimate of drug-likeness (QED) is 0.940. The minimum atomic E-state index is -0.217. The lowest BCUT2D eigenvalue weighted by molar-refractivity contribution is 0.600. The highest BCUT2D eigenvalue weighted by atomic mass is 79.9. The van der Waals surface area contributed by atoms with Crippen LogP contribution in [0.3, 0.4) is 0 Å². The summed E-state index contributed by atoms with van der Waals surface area (Å²) in [4.78, 5) is 8.62. The lowest BCUT2D eigenvalue weighted by Crippen LogP contribution is -2.28. The van der Waals surface area contributed by atoms with Gasteiger partial charge in [-0.1, -0.05) is 0 Å². The third-order valence-electron chi connectivity index (χ3n) is 2.16. The van der Waals surface area contributed by atoms with Crippen molar-refractivity contribution in [3.05, 3.63) is 39.4 Å². The van der Waals surface area contributed by atoms with Crippen molar-refractivity contribution in [2.75, 3.05) is 5.32 Å². The molecule has 5 heteroatoms. The fourth-order valence-electron chi connectivity index (χ4n) is 1.36. The molecule has 0 saturated carbocycles. The van der Waals surface area contributed by atoms with E-state index in [0.717, 1.165) is 15.3 Å². The Hall–Kier alpha value is -0.940. The van der Waals surface area contributed by atoms with Crippen LogP contribution >= 0.6 is 27.3 Å². The number of hydrogen-bond donors (Lipinski definition) is 1. The Morgan fingerprint density at radius 3 is 2.75 bits per heavy atom. The third kappa shape index (κ3) is 2.41. The van der Waals surface area contributed by atoms with Crippen LogP contribution in [0, 0.1) is 0 Å². The number of anilines is 1. The number of hydrogen-bond acceptors (Lipinski definition) is 4. The van der Waals surface area contributed by atoms with Gasteiger partial charge in [0.2, 0.25) is 0 Å². The van der Waals surface area contributed by atoms with E-state index in [0.29, 0.717) is 0 Å². The second kappa shape index (κ2) is 4.51. The number of nitrogens with zero attached hydrogens (tertiary/aromatic N) is 2. The summed E-state index contributed by atoms with van der Waals surface area (Å²) < 4.78 is 0.958. The molecule has 0 bridgehead atoms. The number of pyridine rings is 1. The largest absolute Gasteiger partial charge is 0.358 e. The van der Waals surface area contributed by atoms with Crippen LogP contribution in [0.1, 0.15) is 18.9 Å². The minimum absolute atomic E-state index is 0.217. The van der Waals surface area contributed by atoms with Crippen LogP contribution in [0.4, 0.5) is 5.82 Å². The van der Waals surface area contributed by atoms with Gasteiger partial charge >= 0.3 is 0 Å². The lowest BCUT2D eigenvalue weighted by atomic mass is 10.1. The molecule has 2 aromatic heterocycles. The molecule has 0 amide bonds. The first-order valence-electron chi connectivity index (χ1n) is 4.88. The SMILES string of the molecule is CC(C)(Nc1ncccc1Br)c1nccs1. The molecule has 0 spiro atoms. The zero-order chi connectivity index (χ0) is 11.6. The molecule has 0 aromatic carbocycles. The van der Waals surface area contributed by atoms with Crippen LogP contribution in [0.2, 0.25) is 0 Å². The minimum Gasteiger partial charge on any atom is -0.358 e. The summed E-state index contributed by atoms with van der Waals surface area (Å²) in [6.45, 7) is 4.18. The van der Waals surface area contributed by atoms with Gasteiger partial charge in [0.25, 0.3) is 0 Å². The van der Waals surface area contributed by atoms with Gasteiger partial charge in [-0.05, 0) is 41.9 Å². The molecule has 0 saturated heterocycles. The van der Waals surface area contributed by atoms with E-state index in [1.807, 2.05) is 23.7 Å². The van der Waals surface area contributed by atoms with Crippen molar-refractivity contribution < 1.29 is 0 Å². The van der Waals surface area contributed by atoms with Crippen molar-refractivity contribution in [1.29, 1.82) is 0 Å². The Kier molecular flexibility index (Phi) is 3.25. The first-order chi connectivity index (χ1) is 7.59. The summed E-state index contributed by atoms with van der Waals surface area (Å²) >= 11 is 5.11. The second-order valence-corrected chi connectivity index (χ2v) is 5.67. The average Bonchev–Trinajstić information content (AvgIpc) is 2.75. The normalized spacial score (nSPS) is 11.4. The molecule has 0 aliphatic heterocycles. The summed E-state index contributed by atoms with van der Waals surface area (Å²) in [6, 6.07) is 3.86. The predicted molar refractivity (Wildman–Crippen MR) is 70.7 cm³/mol. The average molecular weight is 298 g/mol. The molecular formula is C11H12BrN3S. The van der Waals surface area contributed by atoms with Gasteiger partial charge in [0.05, 0.1) is 10.0 Å². The topological polar surface area (TPSA) is 37.8 Å². The Balaban J connectivity index is 2.25. The summed E-state index contributed by atoms with van der Waals surface area (Å²) in [5.41, 5.74) is -0.217. The standard InChI is InChI=1S/C11H12BrN3S/c1-11(2,10-14-6-7-16-10)15-9-8(12)4-3-5-13-9/h3-7H,1-2H3,(H,13,15). The number of rotatable bonds is 3. The summed E-state index contributed by atoms with van der Waals surface area (Å²) in [5, 5.41) is 6.40. The Labute approximate surface area is 107 Å². The van der Waals surface area contributed by atoms with Crippen molar-refractivity contribution in [2.45, 2.75) is 19.4 Å². The van der Waals surface area contributed by atoms with Crippen LogP contribution in [0.25, 0.3) is 0 Å². The van der Waals surface area contributed by atoms with Crippen LogP contribution in [0.5, 0.6) is 0 Å². The van der Waals surface area contributed by atoms with Crippen LogP contribution < -0.4 is 5.32 Å². The van der Waals surface area contributed by atoms with E-state index >= 15 is 0 Å². The van der Waals surface area contributed by atoms with Crippen LogP contribution in [0.15, 0.2) is 34.4 Å². The van der Waals surface area contributed by atoms with Gasteiger partial charge in [0.1, 0.15) is 10.8 Å². The van der Waals surface area contributed by atoms with Crippen molar-refractivity contribution in [2.24, 2.45) is 0 Å². The molecule has 0 fully saturated rings. The zero-order valence-corrected chi connectivity index (χ0v) is 11.5. The summed E-state index contributed by atoms with van der Waals surface area (Å²) in [6.07, 6.45) is 3.59. The first kappa shape index (κ1) is 11.5. The van der Waals surface area contributed by atoms with Crippen LogP contribution in [-0.2, 0) is 5.54 Å². The van der Waals surface area contributed by atoms with E-state index in [-0.39, 0.29) is 5.54 Å². The molecule has 2 rings (SSSR count). The van der Waals surface area contributed by atoms with E-state index in [4.69, 9.17) is 0 Å². The van der Waals surface area contributed by atoms with E-state index in [1.165, 1.54) is 0 Å². The van der Waals surface area contributed by atoms with Crippen molar-refractivity contribution >= 4 is 33.1 Å². The molecule has 2 aromatic rings. The Morgan fingerprint density at radius 1 is 1.31 bits per heavy atom. The smallest absolute Gasteiger partial charge is 0.141 e. The van der Waals surface area contributed by atoms with E-state index in [1.54, 1.807) is 17.5 Å². The fourth-order valence-corrected chi connectivity index (χ4v) is 2.43. The van der Waals surface area contributed by atoms with Gasteiger partial charge in [0, 0.05) is 17.8 Å². The number of halogens is 1. The number of aromatic nitrogens is 2. The Bertz CT molecular complexity index is 468. The highest BCUT2D eigenvalue weighted by molar-refractivity contribution is 9.10. The predicted octanol–water partition coefficient (Wildman–Crippen LogP) is 3.65. The summed E-state index contributed by atoms with van der Waals surface area (Å²) in [7, 11) is 0. The maximum atomic E-state index is 4.33. The Morgan fingerprint density at radius 2 is 2.12 bits per heavy atom. The molecule has 0 aliphatic carbocycles. The number of thiazole rings is 1. The molecule has 16 heavy (non-hydrogen) atoms. The zero-order valence-electron chi connectivity index (χ0n) is 9.07. The van der Waals surface area contributed by atoms with E-state index in [2.05, 4.69) is 45.1 Å². The molecule has 1 N–H and O–H groups in total. The van der Waals surface area contributed by atoms with Gasteiger partial charge in [-0.3, -0.25) is 0 Å².